The van der Waals surface area contributed by atoms with Gasteiger partial charge in [0.1, 0.15) is 0 Å². The largest absolute Gasteiger partial charge is 0.337 e. The number of amides is 1. The van der Waals surface area contributed by atoms with Crippen LogP contribution < -0.4 is 4.31 Å². The number of benzene rings is 2. The quantitative estimate of drug-likeness (QED) is 0.543. The van der Waals surface area contributed by atoms with E-state index in [4.69, 9.17) is 11.6 Å². The van der Waals surface area contributed by atoms with Gasteiger partial charge < -0.3 is 4.90 Å². The Labute approximate surface area is 180 Å². The summed E-state index contributed by atoms with van der Waals surface area (Å²) in [4.78, 5) is 15.6. The van der Waals surface area contributed by atoms with Crippen LogP contribution in [0.2, 0.25) is 5.02 Å². The Hall–Kier alpha value is -2.35. The number of rotatable bonds is 6. The number of hydrogen-bond acceptors (Lipinski definition) is 4. The summed E-state index contributed by atoms with van der Waals surface area (Å²) in [6.45, 7) is 2.48. The maximum atomic E-state index is 13.0. The highest BCUT2D eigenvalue weighted by Gasteiger charge is 2.23. The Morgan fingerprint density at radius 2 is 1.79 bits per heavy atom. The van der Waals surface area contributed by atoms with Gasteiger partial charge in [-0.1, -0.05) is 23.7 Å². The molecule has 0 spiro atoms. The molecule has 1 amide bonds. The smallest absolute Gasteiger partial charge is 0.264 e. The fourth-order valence-electron chi connectivity index (χ4n) is 2.83. The first-order valence-corrected chi connectivity index (χ1v) is 11.5. The summed E-state index contributed by atoms with van der Waals surface area (Å²) in [5.41, 5.74) is 1.90. The molecule has 0 bridgehead atoms. The third-order valence-corrected chi connectivity index (χ3v) is 7.63. The van der Waals surface area contributed by atoms with Crippen molar-refractivity contribution in [3.63, 3.8) is 0 Å². The summed E-state index contributed by atoms with van der Waals surface area (Å²) in [6.07, 6.45) is 0. The molecule has 0 atom stereocenters. The van der Waals surface area contributed by atoms with Crippen molar-refractivity contribution in [1.82, 2.24) is 4.90 Å². The van der Waals surface area contributed by atoms with Crippen LogP contribution in [-0.4, -0.2) is 33.3 Å². The summed E-state index contributed by atoms with van der Waals surface area (Å²) in [5.74, 6) is -0.236. The van der Waals surface area contributed by atoms with E-state index in [0.717, 1.165) is 14.7 Å². The third-order valence-electron chi connectivity index (χ3n) is 4.61. The highest BCUT2D eigenvalue weighted by molar-refractivity contribution is 7.92. The van der Waals surface area contributed by atoms with Gasteiger partial charge in [0.05, 0.1) is 17.1 Å². The summed E-state index contributed by atoms with van der Waals surface area (Å²) >= 11 is 7.58. The molecule has 0 aliphatic carbocycles. The number of nitrogens with zero attached hydrogens (tertiary/aromatic N) is 2. The van der Waals surface area contributed by atoms with E-state index in [1.54, 1.807) is 59.7 Å². The number of hydrogen-bond donors (Lipinski definition) is 0. The monoisotopic (exact) mass is 448 g/mol. The Morgan fingerprint density at radius 3 is 2.45 bits per heavy atom. The van der Waals surface area contributed by atoms with Crippen molar-refractivity contribution in [3.05, 3.63) is 81.0 Å². The average Bonchev–Trinajstić information content (AvgIpc) is 3.11. The second kappa shape index (κ2) is 8.57. The van der Waals surface area contributed by atoms with Gasteiger partial charge in [-0.2, -0.15) is 0 Å². The SMILES string of the molecule is Cc1ccsc1CN(C)C(=O)c1cccc(S(=O)(=O)N(C)c2cccc(Cl)c2)c1. The van der Waals surface area contributed by atoms with Crippen molar-refractivity contribution in [2.24, 2.45) is 0 Å². The molecular formula is C21H21ClN2O3S2. The Morgan fingerprint density at radius 1 is 1.07 bits per heavy atom. The fraction of sp³-hybridized carbons (Fsp3) is 0.190. The number of anilines is 1. The molecule has 3 rings (SSSR count). The molecule has 2 aromatic carbocycles. The van der Waals surface area contributed by atoms with Gasteiger partial charge in [-0.15, -0.1) is 11.3 Å². The molecule has 1 heterocycles. The molecule has 0 N–H and O–H groups in total. The predicted molar refractivity (Wildman–Crippen MR) is 118 cm³/mol. The maximum absolute atomic E-state index is 13.0. The van der Waals surface area contributed by atoms with E-state index in [9.17, 15) is 13.2 Å². The van der Waals surface area contributed by atoms with Crippen LogP contribution in [0.1, 0.15) is 20.8 Å². The highest BCUT2D eigenvalue weighted by Crippen LogP contribution is 2.25. The minimum absolute atomic E-state index is 0.0477. The van der Waals surface area contributed by atoms with Crippen LogP contribution in [0.15, 0.2) is 64.9 Å². The zero-order chi connectivity index (χ0) is 21.2. The van der Waals surface area contributed by atoms with Gasteiger partial charge in [0.15, 0.2) is 0 Å². The van der Waals surface area contributed by atoms with Gasteiger partial charge in [0.25, 0.3) is 15.9 Å². The summed E-state index contributed by atoms with van der Waals surface area (Å²) < 4.78 is 27.3. The van der Waals surface area contributed by atoms with E-state index in [-0.39, 0.29) is 10.8 Å². The van der Waals surface area contributed by atoms with Gasteiger partial charge >= 0.3 is 0 Å². The number of carbonyl (C=O) groups excluding carboxylic acids is 1. The molecule has 0 saturated heterocycles. The van der Waals surface area contributed by atoms with E-state index in [0.29, 0.717) is 22.8 Å². The number of thiophene rings is 1. The lowest BCUT2D eigenvalue weighted by atomic mass is 10.2. The lowest BCUT2D eigenvalue weighted by Gasteiger charge is -2.21. The number of halogens is 1. The lowest BCUT2D eigenvalue weighted by molar-refractivity contribution is 0.0786. The van der Waals surface area contributed by atoms with Crippen LogP contribution in [0.5, 0.6) is 0 Å². The van der Waals surface area contributed by atoms with Crippen LogP contribution in [-0.2, 0) is 16.6 Å². The van der Waals surface area contributed by atoms with E-state index in [1.807, 2.05) is 18.4 Å². The third kappa shape index (κ3) is 4.63. The van der Waals surface area contributed by atoms with Gasteiger partial charge in [-0.3, -0.25) is 9.10 Å². The number of aryl methyl sites for hydroxylation is 1. The molecule has 29 heavy (non-hydrogen) atoms. The standard InChI is InChI=1S/C21H21ClN2O3S2/c1-15-10-11-28-20(15)14-23(2)21(25)16-6-4-9-19(12-16)29(26,27)24(3)18-8-5-7-17(22)13-18/h4-13H,14H2,1-3H3. The number of carbonyl (C=O) groups is 1. The van der Waals surface area contributed by atoms with E-state index in [2.05, 4.69) is 0 Å². The minimum atomic E-state index is -3.84. The maximum Gasteiger partial charge on any atom is 0.264 e. The molecule has 3 aromatic rings. The normalized spacial score (nSPS) is 11.3. The van der Waals surface area contributed by atoms with Gasteiger partial charge in [-0.25, -0.2) is 8.42 Å². The lowest BCUT2D eigenvalue weighted by Crippen LogP contribution is -2.28. The zero-order valence-corrected chi connectivity index (χ0v) is 18.7. The van der Waals surface area contributed by atoms with Crippen LogP contribution in [0.25, 0.3) is 0 Å². The molecule has 0 saturated carbocycles. The molecule has 1 aromatic heterocycles. The van der Waals surface area contributed by atoms with E-state index in [1.165, 1.54) is 19.2 Å². The molecular weight excluding hydrogens is 428 g/mol. The van der Waals surface area contributed by atoms with E-state index < -0.39 is 10.0 Å². The summed E-state index contributed by atoms with van der Waals surface area (Å²) in [5, 5.41) is 2.43. The van der Waals surface area contributed by atoms with Crippen molar-refractivity contribution in [2.75, 3.05) is 18.4 Å². The first-order chi connectivity index (χ1) is 13.7. The fourth-order valence-corrected chi connectivity index (χ4v) is 5.21. The molecule has 8 heteroatoms. The second-order valence-corrected chi connectivity index (χ2v) is 10.1. The predicted octanol–water partition coefficient (Wildman–Crippen LogP) is 4.81. The molecule has 0 unspecified atom stereocenters. The van der Waals surface area contributed by atoms with Gasteiger partial charge in [0, 0.05) is 29.6 Å². The number of sulfonamides is 1. The summed E-state index contributed by atoms with van der Waals surface area (Å²) in [6, 6.07) is 14.7. The van der Waals surface area contributed by atoms with Crippen LogP contribution in [0, 0.1) is 6.92 Å². The molecule has 5 nitrogen and oxygen atoms in total. The Kier molecular flexibility index (Phi) is 6.31. The van der Waals surface area contributed by atoms with E-state index >= 15 is 0 Å². The molecule has 0 aliphatic rings. The second-order valence-electron chi connectivity index (χ2n) is 6.67. The summed E-state index contributed by atoms with van der Waals surface area (Å²) in [7, 11) is -0.673. The first kappa shape index (κ1) is 21.4. The van der Waals surface area contributed by atoms with Crippen molar-refractivity contribution in [2.45, 2.75) is 18.4 Å². The van der Waals surface area contributed by atoms with Crippen molar-refractivity contribution >= 4 is 44.6 Å². The Bertz CT molecular complexity index is 1140. The van der Waals surface area contributed by atoms with Crippen molar-refractivity contribution in [3.8, 4) is 0 Å². The topological polar surface area (TPSA) is 57.7 Å². The minimum Gasteiger partial charge on any atom is -0.337 e. The van der Waals surface area contributed by atoms with Crippen LogP contribution in [0.4, 0.5) is 5.69 Å². The zero-order valence-electron chi connectivity index (χ0n) is 16.3. The average molecular weight is 449 g/mol. The first-order valence-electron chi connectivity index (χ1n) is 8.83. The Balaban J connectivity index is 1.86. The molecule has 0 aliphatic heterocycles. The van der Waals surface area contributed by atoms with Crippen molar-refractivity contribution in [1.29, 1.82) is 0 Å². The van der Waals surface area contributed by atoms with Crippen molar-refractivity contribution < 1.29 is 13.2 Å². The molecule has 0 radical (unpaired) electrons. The highest BCUT2D eigenvalue weighted by atomic mass is 35.5. The molecule has 152 valence electrons. The van der Waals surface area contributed by atoms with Crippen LogP contribution >= 0.6 is 22.9 Å². The van der Waals surface area contributed by atoms with Crippen LogP contribution in [0.3, 0.4) is 0 Å². The molecule has 0 fully saturated rings. The van der Waals surface area contributed by atoms with Gasteiger partial charge in [0.2, 0.25) is 0 Å². The van der Waals surface area contributed by atoms with Gasteiger partial charge in [-0.05, 0) is 60.3 Å².